The average molecular weight is 333 g/mol. The highest BCUT2D eigenvalue weighted by Gasteiger charge is 2.00. The van der Waals surface area contributed by atoms with Crippen LogP contribution >= 0.6 is 27.3 Å². The Morgan fingerprint density at radius 2 is 1.95 bits per heavy atom. The Balaban J connectivity index is 1.73. The van der Waals surface area contributed by atoms with E-state index in [4.69, 9.17) is 0 Å². The maximum absolute atomic E-state index is 3.48. The molecule has 4 heteroatoms. The highest BCUT2D eigenvalue weighted by atomic mass is 79.9. The van der Waals surface area contributed by atoms with Crippen LogP contribution in [0.3, 0.4) is 0 Å². The van der Waals surface area contributed by atoms with Gasteiger partial charge in [0.1, 0.15) is 0 Å². The Labute approximate surface area is 124 Å². The third-order valence-electron chi connectivity index (χ3n) is 2.84. The Hall–Kier alpha value is -1.52. The molecule has 2 nitrogen and oxygen atoms in total. The number of benzene rings is 1. The predicted octanol–water partition coefficient (Wildman–Crippen LogP) is 4.91. The average Bonchev–Trinajstić information content (AvgIpc) is 3.08. The number of thiophene rings is 1. The van der Waals surface area contributed by atoms with Crippen LogP contribution in [0.4, 0.5) is 5.69 Å². The van der Waals surface area contributed by atoms with E-state index in [1.54, 1.807) is 11.3 Å². The quantitative estimate of drug-likeness (QED) is 0.718. The van der Waals surface area contributed by atoms with Gasteiger partial charge < -0.3 is 9.88 Å². The second kappa shape index (κ2) is 5.63. The molecule has 1 aromatic carbocycles. The van der Waals surface area contributed by atoms with Gasteiger partial charge in [-0.3, -0.25) is 0 Å². The second-order valence-corrected chi connectivity index (χ2v) is 6.14. The van der Waals surface area contributed by atoms with E-state index in [0.717, 1.165) is 16.7 Å². The first-order chi connectivity index (χ1) is 9.31. The van der Waals surface area contributed by atoms with Crippen molar-refractivity contribution in [1.29, 1.82) is 0 Å². The molecule has 0 aliphatic rings. The Bertz CT molecular complexity index is 658. The minimum Gasteiger partial charge on any atom is -0.380 e. The van der Waals surface area contributed by atoms with Crippen molar-refractivity contribution in [2.75, 3.05) is 5.32 Å². The van der Waals surface area contributed by atoms with Crippen LogP contribution in [-0.4, -0.2) is 4.57 Å². The van der Waals surface area contributed by atoms with Crippen molar-refractivity contribution in [3.63, 3.8) is 0 Å². The lowest BCUT2D eigenvalue weighted by molar-refractivity contribution is 1.08. The maximum atomic E-state index is 3.48. The third kappa shape index (κ3) is 3.08. The van der Waals surface area contributed by atoms with Crippen LogP contribution in [0.2, 0.25) is 0 Å². The van der Waals surface area contributed by atoms with E-state index in [9.17, 15) is 0 Å². The summed E-state index contributed by atoms with van der Waals surface area (Å²) >= 11 is 5.23. The molecule has 0 aliphatic heterocycles. The monoisotopic (exact) mass is 332 g/mol. The van der Waals surface area contributed by atoms with E-state index < -0.39 is 0 Å². The lowest BCUT2D eigenvalue weighted by atomic mass is 10.2. The molecule has 0 aliphatic carbocycles. The number of hydrogen-bond donors (Lipinski definition) is 1. The molecule has 0 atom stereocenters. The van der Waals surface area contributed by atoms with Crippen molar-refractivity contribution in [3.05, 3.63) is 69.6 Å². The summed E-state index contributed by atoms with van der Waals surface area (Å²) in [5.74, 6) is 0. The Morgan fingerprint density at radius 3 is 2.68 bits per heavy atom. The normalized spacial score (nSPS) is 10.6. The van der Waals surface area contributed by atoms with Crippen LogP contribution in [0.1, 0.15) is 4.88 Å². The SMILES string of the molecule is Brc1csc(CNc2cccc(-n3cccc3)c2)c1. The highest BCUT2D eigenvalue weighted by molar-refractivity contribution is 9.10. The summed E-state index contributed by atoms with van der Waals surface area (Å²) in [6, 6.07) is 14.6. The molecular formula is C15H13BrN2S. The predicted molar refractivity (Wildman–Crippen MR) is 85.1 cm³/mol. The molecule has 0 bridgehead atoms. The van der Waals surface area contributed by atoms with Gasteiger partial charge in [-0.15, -0.1) is 11.3 Å². The topological polar surface area (TPSA) is 17.0 Å². The summed E-state index contributed by atoms with van der Waals surface area (Å²) in [5, 5.41) is 5.56. The molecule has 2 heterocycles. The molecule has 0 saturated carbocycles. The van der Waals surface area contributed by atoms with E-state index >= 15 is 0 Å². The van der Waals surface area contributed by atoms with Crippen molar-refractivity contribution in [1.82, 2.24) is 4.57 Å². The summed E-state index contributed by atoms with van der Waals surface area (Å²) in [6.45, 7) is 0.853. The van der Waals surface area contributed by atoms with Crippen molar-refractivity contribution in [2.24, 2.45) is 0 Å². The summed E-state index contributed by atoms with van der Waals surface area (Å²) in [6.07, 6.45) is 4.10. The first kappa shape index (κ1) is 12.5. The number of rotatable bonds is 4. The van der Waals surface area contributed by atoms with Crippen molar-refractivity contribution < 1.29 is 0 Å². The zero-order valence-corrected chi connectivity index (χ0v) is 12.6. The molecule has 2 aromatic heterocycles. The first-order valence-electron chi connectivity index (χ1n) is 6.01. The standard InChI is InChI=1S/C15H13BrN2S/c16-12-8-15(19-11-12)10-17-13-4-3-5-14(9-13)18-6-1-2-7-18/h1-9,11,17H,10H2. The van der Waals surface area contributed by atoms with Gasteiger partial charge in [0.25, 0.3) is 0 Å². The van der Waals surface area contributed by atoms with Gasteiger partial charge in [0.2, 0.25) is 0 Å². The first-order valence-corrected chi connectivity index (χ1v) is 7.69. The van der Waals surface area contributed by atoms with E-state index in [0.29, 0.717) is 0 Å². The molecule has 3 aromatic rings. The van der Waals surface area contributed by atoms with Crippen LogP contribution in [0, 0.1) is 0 Å². The van der Waals surface area contributed by atoms with Crippen LogP contribution < -0.4 is 5.32 Å². The second-order valence-electron chi connectivity index (χ2n) is 4.23. The third-order valence-corrected chi connectivity index (χ3v) is 4.53. The molecule has 96 valence electrons. The number of nitrogens with zero attached hydrogens (tertiary/aromatic N) is 1. The number of halogens is 1. The van der Waals surface area contributed by atoms with Gasteiger partial charge in [0.05, 0.1) is 0 Å². The molecule has 19 heavy (non-hydrogen) atoms. The van der Waals surface area contributed by atoms with Gasteiger partial charge in [0, 0.05) is 45.0 Å². The van der Waals surface area contributed by atoms with Gasteiger partial charge in [-0.2, -0.15) is 0 Å². The highest BCUT2D eigenvalue weighted by Crippen LogP contribution is 2.21. The largest absolute Gasteiger partial charge is 0.380 e. The van der Waals surface area contributed by atoms with Gasteiger partial charge in [-0.25, -0.2) is 0 Å². The zero-order chi connectivity index (χ0) is 13.1. The van der Waals surface area contributed by atoms with E-state index in [1.807, 2.05) is 12.1 Å². The van der Waals surface area contributed by atoms with Gasteiger partial charge >= 0.3 is 0 Å². The number of nitrogens with one attached hydrogen (secondary N) is 1. The fourth-order valence-electron chi connectivity index (χ4n) is 1.92. The smallest absolute Gasteiger partial charge is 0.0494 e. The summed E-state index contributed by atoms with van der Waals surface area (Å²) < 4.78 is 3.25. The molecule has 3 rings (SSSR count). The summed E-state index contributed by atoms with van der Waals surface area (Å²) in [5.41, 5.74) is 2.30. The van der Waals surface area contributed by atoms with Gasteiger partial charge in [0.15, 0.2) is 0 Å². The Kier molecular flexibility index (Phi) is 3.71. The number of aromatic nitrogens is 1. The number of hydrogen-bond acceptors (Lipinski definition) is 2. The molecule has 0 saturated heterocycles. The van der Waals surface area contributed by atoms with E-state index in [1.165, 1.54) is 10.6 Å². The molecule has 1 N–H and O–H groups in total. The number of anilines is 1. The van der Waals surface area contributed by atoms with Crippen LogP contribution in [0.5, 0.6) is 0 Å². The minimum atomic E-state index is 0.853. The molecule has 0 amide bonds. The molecule has 0 radical (unpaired) electrons. The van der Waals surface area contributed by atoms with Gasteiger partial charge in [-0.1, -0.05) is 6.07 Å². The Morgan fingerprint density at radius 1 is 1.11 bits per heavy atom. The van der Waals surface area contributed by atoms with Crippen molar-refractivity contribution in [2.45, 2.75) is 6.54 Å². The maximum Gasteiger partial charge on any atom is 0.0494 e. The molecule has 0 spiro atoms. The zero-order valence-electron chi connectivity index (χ0n) is 10.2. The van der Waals surface area contributed by atoms with Gasteiger partial charge in [-0.05, 0) is 52.3 Å². The fourth-order valence-corrected chi connectivity index (χ4v) is 3.31. The van der Waals surface area contributed by atoms with Crippen LogP contribution in [0.25, 0.3) is 5.69 Å². The van der Waals surface area contributed by atoms with Crippen LogP contribution in [0.15, 0.2) is 64.7 Å². The lowest BCUT2D eigenvalue weighted by Gasteiger charge is -2.08. The molecule has 0 unspecified atom stereocenters. The molecule has 0 fully saturated rings. The minimum absolute atomic E-state index is 0.853. The van der Waals surface area contributed by atoms with Crippen molar-refractivity contribution >= 4 is 33.0 Å². The summed E-state index contributed by atoms with van der Waals surface area (Å²) in [4.78, 5) is 1.32. The van der Waals surface area contributed by atoms with E-state index in [2.05, 4.69) is 73.9 Å². The summed E-state index contributed by atoms with van der Waals surface area (Å²) in [7, 11) is 0. The van der Waals surface area contributed by atoms with E-state index in [-0.39, 0.29) is 0 Å². The van der Waals surface area contributed by atoms with Crippen LogP contribution in [-0.2, 0) is 6.54 Å². The lowest BCUT2D eigenvalue weighted by Crippen LogP contribution is -1.98. The van der Waals surface area contributed by atoms with Crippen molar-refractivity contribution in [3.8, 4) is 5.69 Å². The fraction of sp³-hybridized carbons (Fsp3) is 0.0667. The molecular weight excluding hydrogens is 320 g/mol.